The number of carbonyl (C=O) groups is 2. The smallest absolute Gasteiger partial charge is 0.407 e. The zero-order chi connectivity index (χ0) is 12.4. The molecule has 0 saturated carbocycles. The van der Waals surface area contributed by atoms with E-state index in [1.165, 1.54) is 12.0 Å². The van der Waals surface area contributed by atoms with Crippen LogP contribution in [0, 0.1) is 0 Å². The monoisotopic (exact) mass is 235 g/mol. The van der Waals surface area contributed by atoms with E-state index in [1.54, 1.807) is 6.07 Å². The molecule has 0 bridgehead atoms. The fourth-order valence-electron chi connectivity index (χ4n) is 2.13. The maximum Gasteiger partial charge on any atom is 0.407 e. The van der Waals surface area contributed by atoms with Gasteiger partial charge in [-0.3, -0.25) is 4.79 Å². The van der Waals surface area contributed by atoms with E-state index in [0.717, 1.165) is 17.4 Å². The van der Waals surface area contributed by atoms with Crippen molar-refractivity contribution in [1.82, 2.24) is 4.90 Å². The molecule has 2 rings (SSSR count). The molecule has 1 aliphatic heterocycles. The van der Waals surface area contributed by atoms with Gasteiger partial charge in [0, 0.05) is 13.1 Å². The summed E-state index contributed by atoms with van der Waals surface area (Å²) in [5, 5.41) is 8.92. The van der Waals surface area contributed by atoms with Gasteiger partial charge in [-0.15, -0.1) is 0 Å². The lowest BCUT2D eigenvalue weighted by atomic mass is 9.94. The number of nitrogens with zero attached hydrogens (tertiary/aromatic N) is 1. The van der Waals surface area contributed by atoms with Crippen LogP contribution >= 0.6 is 0 Å². The van der Waals surface area contributed by atoms with Gasteiger partial charge < -0.3 is 14.7 Å². The highest BCUT2D eigenvalue weighted by Crippen LogP contribution is 2.28. The number of ether oxygens (including phenoxy) is 1. The van der Waals surface area contributed by atoms with Gasteiger partial charge in [0.1, 0.15) is 5.75 Å². The zero-order valence-electron chi connectivity index (χ0n) is 9.47. The van der Waals surface area contributed by atoms with Crippen molar-refractivity contribution in [3.8, 4) is 5.75 Å². The van der Waals surface area contributed by atoms with Crippen LogP contribution in [0.25, 0.3) is 0 Å². The largest absolute Gasteiger partial charge is 0.496 e. The molecule has 0 spiro atoms. The van der Waals surface area contributed by atoms with Gasteiger partial charge in [0.25, 0.3) is 0 Å². The molecule has 1 aromatic carbocycles. The summed E-state index contributed by atoms with van der Waals surface area (Å²) in [6.45, 7) is 0.742. The summed E-state index contributed by atoms with van der Waals surface area (Å²) >= 11 is 0. The van der Waals surface area contributed by atoms with Crippen molar-refractivity contribution in [3.63, 3.8) is 0 Å². The Labute approximate surface area is 98.6 Å². The summed E-state index contributed by atoms with van der Waals surface area (Å²) in [5.41, 5.74) is 2.31. The number of fused-ring (bicyclic) bond motifs is 1. The predicted molar refractivity (Wildman–Crippen MR) is 60.5 cm³/mol. The number of carboxylic acid groups (broad SMARTS) is 1. The van der Waals surface area contributed by atoms with Crippen LogP contribution in [-0.2, 0) is 13.0 Å². The molecule has 1 heterocycles. The van der Waals surface area contributed by atoms with Crippen molar-refractivity contribution in [2.75, 3.05) is 13.7 Å². The number of carbonyl (C=O) groups excluding carboxylic acids is 1. The minimum atomic E-state index is -0.931. The zero-order valence-corrected chi connectivity index (χ0v) is 9.47. The van der Waals surface area contributed by atoms with Crippen LogP contribution in [0.2, 0.25) is 0 Å². The summed E-state index contributed by atoms with van der Waals surface area (Å²) in [6.07, 6.45) is 0.389. The molecule has 1 aromatic rings. The van der Waals surface area contributed by atoms with Gasteiger partial charge in [0.15, 0.2) is 6.29 Å². The Hall–Kier alpha value is -2.04. The first-order valence-corrected chi connectivity index (χ1v) is 5.29. The molecule has 5 nitrogen and oxygen atoms in total. The predicted octanol–water partition coefficient (Wildman–Crippen LogP) is 1.54. The summed E-state index contributed by atoms with van der Waals surface area (Å²) in [6, 6.07) is 3.52. The average molecular weight is 235 g/mol. The maximum absolute atomic E-state index is 11.1. The van der Waals surface area contributed by atoms with E-state index in [9.17, 15) is 9.59 Å². The summed E-state index contributed by atoms with van der Waals surface area (Å²) in [7, 11) is 1.51. The Morgan fingerprint density at radius 1 is 1.53 bits per heavy atom. The molecule has 1 N–H and O–H groups in total. The molecule has 0 saturated heterocycles. The Morgan fingerprint density at radius 3 is 2.88 bits per heavy atom. The van der Waals surface area contributed by atoms with Crippen molar-refractivity contribution in [2.45, 2.75) is 13.0 Å². The molecule has 0 atom stereocenters. The molecular formula is C12H13NO4. The van der Waals surface area contributed by atoms with Crippen molar-refractivity contribution in [3.05, 3.63) is 28.8 Å². The molecule has 0 unspecified atom stereocenters. The third-order valence-electron chi connectivity index (χ3n) is 3.02. The lowest BCUT2D eigenvalue weighted by Crippen LogP contribution is -2.35. The number of methoxy groups -OCH3 is 1. The van der Waals surface area contributed by atoms with Crippen LogP contribution in [0.5, 0.6) is 5.75 Å². The van der Waals surface area contributed by atoms with Crippen LogP contribution in [0.4, 0.5) is 4.79 Å². The lowest BCUT2D eigenvalue weighted by Gasteiger charge is -2.27. The molecule has 1 aliphatic rings. The van der Waals surface area contributed by atoms with E-state index in [-0.39, 0.29) is 0 Å². The average Bonchev–Trinajstić information content (AvgIpc) is 2.36. The first-order valence-electron chi connectivity index (χ1n) is 5.29. The van der Waals surface area contributed by atoms with E-state index in [0.29, 0.717) is 30.8 Å². The highest BCUT2D eigenvalue weighted by molar-refractivity contribution is 5.83. The van der Waals surface area contributed by atoms with Crippen molar-refractivity contribution < 1.29 is 19.4 Å². The minimum Gasteiger partial charge on any atom is -0.496 e. The Balaban J connectivity index is 2.42. The van der Waals surface area contributed by atoms with Gasteiger partial charge in [-0.1, -0.05) is 6.07 Å². The summed E-state index contributed by atoms with van der Waals surface area (Å²) in [5.74, 6) is 0.544. The highest BCUT2D eigenvalue weighted by Gasteiger charge is 2.23. The second kappa shape index (κ2) is 4.45. The fourth-order valence-corrected chi connectivity index (χ4v) is 2.13. The first-order chi connectivity index (χ1) is 8.17. The number of aldehydes is 1. The second-order valence-corrected chi connectivity index (χ2v) is 3.89. The normalized spacial score (nSPS) is 14.1. The number of hydrogen-bond acceptors (Lipinski definition) is 3. The molecule has 17 heavy (non-hydrogen) atoms. The third kappa shape index (κ3) is 1.95. The molecule has 0 fully saturated rings. The first kappa shape index (κ1) is 11.4. The van der Waals surface area contributed by atoms with E-state index in [1.807, 2.05) is 6.07 Å². The Morgan fingerprint density at radius 2 is 2.29 bits per heavy atom. The van der Waals surface area contributed by atoms with Crippen molar-refractivity contribution in [1.29, 1.82) is 0 Å². The second-order valence-electron chi connectivity index (χ2n) is 3.89. The van der Waals surface area contributed by atoms with Gasteiger partial charge >= 0.3 is 6.09 Å². The van der Waals surface area contributed by atoms with Crippen LogP contribution < -0.4 is 4.74 Å². The Bertz CT molecular complexity index is 470. The number of rotatable bonds is 2. The molecular weight excluding hydrogens is 222 g/mol. The minimum absolute atomic E-state index is 0.329. The standard InChI is InChI=1S/C12H13NO4/c1-17-11-3-2-8-6-13(12(15)16)5-4-9(8)10(11)7-14/h2-3,7H,4-6H2,1H3,(H,15,16). The van der Waals surface area contributed by atoms with Crippen molar-refractivity contribution in [2.24, 2.45) is 0 Å². The molecule has 1 amide bonds. The van der Waals surface area contributed by atoms with Crippen LogP contribution in [0.15, 0.2) is 12.1 Å². The van der Waals surface area contributed by atoms with E-state index in [4.69, 9.17) is 9.84 Å². The van der Waals surface area contributed by atoms with Gasteiger partial charge in [-0.25, -0.2) is 4.79 Å². The maximum atomic E-state index is 11.1. The van der Waals surface area contributed by atoms with Crippen LogP contribution in [0.3, 0.4) is 0 Å². The van der Waals surface area contributed by atoms with Gasteiger partial charge in [-0.2, -0.15) is 0 Å². The molecule has 0 aromatic heterocycles. The van der Waals surface area contributed by atoms with E-state index in [2.05, 4.69) is 0 Å². The highest BCUT2D eigenvalue weighted by atomic mass is 16.5. The fraction of sp³-hybridized carbons (Fsp3) is 0.333. The third-order valence-corrected chi connectivity index (χ3v) is 3.02. The van der Waals surface area contributed by atoms with Gasteiger partial charge in [-0.05, 0) is 23.6 Å². The van der Waals surface area contributed by atoms with Crippen LogP contribution in [-0.4, -0.2) is 36.0 Å². The van der Waals surface area contributed by atoms with E-state index < -0.39 is 6.09 Å². The molecule has 0 aliphatic carbocycles. The molecule has 0 radical (unpaired) electrons. The molecule has 5 heteroatoms. The van der Waals surface area contributed by atoms with Gasteiger partial charge in [0.2, 0.25) is 0 Å². The summed E-state index contributed by atoms with van der Waals surface area (Å²) in [4.78, 5) is 23.3. The number of benzene rings is 1. The van der Waals surface area contributed by atoms with Gasteiger partial charge in [0.05, 0.1) is 12.7 Å². The van der Waals surface area contributed by atoms with E-state index >= 15 is 0 Å². The SMILES string of the molecule is COc1ccc2c(c1C=O)CCN(C(=O)O)C2. The summed E-state index contributed by atoms with van der Waals surface area (Å²) < 4.78 is 5.12. The quantitative estimate of drug-likeness (QED) is 0.789. The number of hydrogen-bond donors (Lipinski definition) is 1. The molecule has 90 valence electrons. The van der Waals surface area contributed by atoms with Crippen LogP contribution in [0.1, 0.15) is 21.5 Å². The Kier molecular flexibility index (Phi) is 2.99. The number of amides is 1. The van der Waals surface area contributed by atoms with Crippen molar-refractivity contribution >= 4 is 12.4 Å². The lowest BCUT2D eigenvalue weighted by molar-refractivity contribution is 0.111. The topological polar surface area (TPSA) is 66.8 Å².